The summed E-state index contributed by atoms with van der Waals surface area (Å²) in [6.07, 6.45) is -2.66. The van der Waals surface area contributed by atoms with Gasteiger partial charge in [0.1, 0.15) is 34.7 Å². The first-order valence-corrected chi connectivity index (χ1v) is 16.9. The van der Waals surface area contributed by atoms with Gasteiger partial charge in [-0.05, 0) is 95.5 Å². The molecule has 0 spiro atoms. The molecule has 2 aromatic rings. The first-order chi connectivity index (χ1) is 23.1. The quantitative estimate of drug-likeness (QED) is 0.151. The van der Waals surface area contributed by atoms with E-state index in [1.807, 2.05) is 44.2 Å². The predicted octanol–water partition coefficient (Wildman–Crippen LogP) is 6.99. The van der Waals surface area contributed by atoms with Crippen LogP contribution in [0.1, 0.15) is 98.6 Å². The lowest BCUT2D eigenvalue weighted by Gasteiger charge is -2.28. The Balaban J connectivity index is 2.00. The third kappa shape index (κ3) is 17.2. The zero-order valence-electron chi connectivity index (χ0n) is 30.6. The highest BCUT2D eigenvalue weighted by atomic mass is 19.1. The summed E-state index contributed by atoms with van der Waals surface area (Å²) in [6, 6.07) is 10.4. The monoisotopic (exact) mass is 704 g/mol. The van der Waals surface area contributed by atoms with Crippen LogP contribution in [0, 0.1) is 17.0 Å². The van der Waals surface area contributed by atoms with Crippen molar-refractivity contribution in [3.63, 3.8) is 0 Å². The minimum atomic E-state index is -1.57. The third-order valence-electron chi connectivity index (χ3n) is 7.62. The summed E-state index contributed by atoms with van der Waals surface area (Å²) < 4.78 is 44.6. The Bertz CT molecular complexity index is 1420. The standard InChI is InChI=1S/C38H54F2N2O8/c1-36(2,3)49-34(46)41-28(21-26-20-27(39)14-15-30(26)40)22-29(43)16-18-38(7,8)19-17-32(44)33(45)31(42-35(47)50-37(4,5)6)24-48-23-25-12-10-9-11-13-25/h9-15,20,28,31,33,45H,16-19,21-24H2,1-8H3,(H,41,46)(H,42,47)/t28?,31-,33+/m1/s1. The van der Waals surface area contributed by atoms with Crippen LogP contribution in [0.2, 0.25) is 0 Å². The zero-order valence-corrected chi connectivity index (χ0v) is 30.6. The molecule has 0 aliphatic rings. The lowest BCUT2D eigenvalue weighted by atomic mass is 9.81. The number of halogens is 2. The highest BCUT2D eigenvalue weighted by Crippen LogP contribution is 2.29. The van der Waals surface area contributed by atoms with Gasteiger partial charge in [0.05, 0.1) is 19.3 Å². The van der Waals surface area contributed by atoms with Crippen LogP contribution >= 0.6 is 0 Å². The number of nitrogens with one attached hydrogen (secondary N) is 2. The number of carbonyl (C=O) groups is 4. The molecule has 12 heteroatoms. The van der Waals surface area contributed by atoms with Gasteiger partial charge in [0.2, 0.25) is 0 Å². The fraction of sp³-hybridized carbons (Fsp3) is 0.579. The lowest BCUT2D eigenvalue weighted by Crippen LogP contribution is -2.51. The Hall–Kier alpha value is -3.90. The van der Waals surface area contributed by atoms with Crippen molar-refractivity contribution in [1.82, 2.24) is 10.6 Å². The number of rotatable bonds is 18. The van der Waals surface area contributed by atoms with Crippen LogP contribution in [-0.2, 0) is 36.8 Å². The number of carbonyl (C=O) groups excluding carboxylic acids is 4. The normalized spacial score (nSPS) is 13.9. The van der Waals surface area contributed by atoms with E-state index in [-0.39, 0.29) is 50.2 Å². The van der Waals surface area contributed by atoms with E-state index in [9.17, 15) is 33.1 Å². The van der Waals surface area contributed by atoms with Gasteiger partial charge in [-0.15, -0.1) is 0 Å². The van der Waals surface area contributed by atoms with Crippen LogP contribution < -0.4 is 10.6 Å². The molecule has 3 N–H and O–H groups in total. The Kier molecular flexibility index (Phi) is 16.0. The minimum absolute atomic E-state index is 0.0150. The van der Waals surface area contributed by atoms with Gasteiger partial charge in [-0.25, -0.2) is 18.4 Å². The summed E-state index contributed by atoms with van der Waals surface area (Å²) in [6.45, 7) is 14.0. The fourth-order valence-corrected chi connectivity index (χ4v) is 4.98. The number of aliphatic hydroxyl groups is 1. The summed E-state index contributed by atoms with van der Waals surface area (Å²) in [5.41, 5.74) is -1.21. The van der Waals surface area contributed by atoms with Gasteiger partial charge in [-0.2, -0.15) is 0 Å². The molecule has 0 bridgehead atoms. The number of ketones is 2. The van der Waals surface area contributed by atoms with Crippen molar-refractivity contribution < 1.29 is 47.3 Å². The van der Waals surface area contributed by atoms with E-state index in [1.165, 1.54) is 0 Å². The van der Waals surface area contributed by atoms with E-state index in [1.54, 1.807) is 41.5 Å². The van der Waals surface area contributed by atoms with Gasteiger partial charge < -0.3 is 30.0 Å². The molecule has 278 valence electrons. The molecule has 0 aliphatic heterocycles. The van der Waals surface area contributed by atoms with Gasteiger partial charge >= 0.3 is 12.2 Å². The smallest absolute Gasteiger partial charge is 0.408 e. The van der Waals surface area contributed by atoms with Crippen molar-refractivity contribution in [2.24, 2.45) is 5.41 Å². The average molecular weight is 705 g/mol. The van der Waals surface area contributed by atoms with Crippen LogP contribution in [0.4, 0.5) is 18.4 Å². The number of aliphatic hydroxyl groups excluding tert-OH is 1. The topological polar surface area (TPSA) is 140 Å². The van der Waals surface area contributed by atoms with E-state index < -0.39 is 64.4 Å². The first kappa shape index (κ1) is 42.3. The Morgan fingerprint density at radius 1 is 0.800 bits per heavy atom. The minimum Gasteiger partial charge on any atom is -0.444 e. The van der Waals surface area contributed by atoms with Gasteiger partial charge in [-0.1, -0.05) is 44.2 Å². The molecule has 0 saturated heterocycles. The van der Waals surface area contributed by atoms with Crippen molar-refractivity contribution in [3.05, 3.63) is 71.3 Å². The highest BCUT2D eigenvalue weighted by molar-refractivity contribution is 5.84. The van der Waals surface area contributed by atoms with Gasteiger partial charge in [0, 0.05) is 25.3 Å². The van der Waals surface area contributed by atoms with Crippen molar-refractivity contribution in [1.29, 1.82) is 0 Å². The van der Waals surface area contributed by atoms with Crippen molar-refractivity contribution in [2.45, 2.75) is 130 Å². The summed E-state index contributed by atoms with van der Waals surface area (Å²) in [5.74, 6) is -2.03. The molecule has 0 fully saturated rings. The second kappa shape index (κ2) is 18.9. The summed E-state index contributed by atoms with van der Waals surface area (Å²) in [4.78, 5) is 51.3. The zero-order chi connectivity index (χ0) is 37.7. The van der Waals surface area contributed by atoms with Crippen LogP contribution in [0.3, 0.4) is 0 Å². The predicted molar refractivity (Wildman–Crippen MR) is 185 cm³/mol. The van der Waals surface area contributed by atoms with E-state index in [0.29, 0.717) is 12.8 Å². The van der Waals surface area contributed by atoms with Crippen molar-refractivity contribution >= 4 is 23.8 Å². The number of amides is 2. The second-order valence-corrected chi connectivity index (χ2v) is 15.4. The lowest BCUT2D eigenvalue weighted by molar-refractivity contribution is -0.130. The number of alkyl carbamates (subject to hydrolysis) is 2. The molecule has 0 aromatic heterocycles. The molecule has 0 aliphatic carbocycles. The third-order valence-corrected chi connectivity index (χ3v) is 7.62. The van der Waals surface area contributed by atoms with Crippen LogP contribution in [0.5, 0.6) is 0 Å². The average Bonchev–Trinajstić information content (AvgIpc) is 2.98. The molecule has 10 nitrogen and oxygen atoms in total. The number of Topliss-reactive ketones (excluding diaryl/α,β-unsaturated/α-hetero) is 2. The van der Waals surface area contributed by atoms with E-state index >= 15 is 0 Å². The summed E-state index contributed by atoms with van der Waals surface area (Å²) in [7, 11) is 0. The Labute approximate surface area is 294 Å². The van der Waals surface area contributed by atoms with Crippen molar-refractivity contribution in [2.75, 3.05) is 6.61 Å². The molecule has 1 unspecified atom stereocenters. The largest absolute Gasteiger partial charge is 0.444 e. The molecule has 0 saturated carbocycles. The molecule has 2 rings (SSSR count). The molecule has 2 aromatic carbocycles. The highest BCUT2D eigenvalue weighted by Gasteiger charge is 2.31. The molecule has 0 radical (unpaired) electrons. The Morgan fingerprint density at radius 2 is 1.38 bits per heavy atom. The first-order valence-electron chi connectivity index (χ1n) is 16.9. The maximum absolute atomic E-state index is 14.4. The van der Waals surface area contributed by atoms with Gasteiger partial charge in [0.15, 0.2) is 5.78 Å². The van der Waals surface area contributed by atoms with Crippen LogP contribution in [0.15, 0.2) is 48.5 Å². The fourth-order valence-electron chi connectivity index (χ4n) is 4.98. The van der Waals surface area contributed by atoms with Gasteiger partial charge in [-0.3, -0.25) is 9.59 Å². The molecule has 50 heavy (non-hydrogen) atoms. The molecular weight excluding hydrogens is 650 g/mol. The molecular formula is C38H54F2N2O8. The SMILES string of the molecule is CC(C)(CCC(=O)CC(Cc1cc(F)ccc1F)NC(=O)OC(C)(C)C)CCC(=O)[C@@H](O)[C@@H](COCc1ccccc1)NC(=O)OC(C)(C)C. The number of hydrogen-bond donors (Lipinski definition) is 3. The number of hydrogen-bond acceptors (Lipinski definition) is 8. The van der Waals surface area contributed by atoms with E-state index in [4.69, 9.17) is 14.2 Å². The maximum atomic E-state index is 14.4. The van der Waals surface area contributed by atoms with Gasteiger partial charge in [0.25, 0.3) is 0 Å². The molecule has 3 atom stereocenters. The van der Waals surface area contributed by atoms with Crippen molar-refractivity contribution in [3.8, 4) is 0 Å². The number of benzene rings is 2. The van der Waals surface area contributed by atoms with Crippen LogP contribution in [0.25, 0.3) is 0 Å². The van der Waals surface area contributed by atoms with E-state index in [0.717, 1.165) is 23.8 Å². The second-order valence-electron chi connectivity index (χ2n) is 15.4. The summed E-state index contributed by atoms with van der Waals surface area (Å²) in [5, 5.41) is 16.2. The molecule has 2 amide bonds. The van der Waals surface area contributed by atoms with E-state index in [2.05, 4.69) is 10.6 Å². The Morgan fingerprint density at radius 3 is 1.98 bits per heavy atom. The maximum Gasteiger partial charge on any atom is 0.408 e. The molecule has 0 heterocycles. The van der Waals surface area contributed by atoms with Crippen LogP contribution in [-0.4, -0.2) is 64.9 Å². The number of ether oxygens (including phenoxy) is 3. The summed E-state index contributed by atoms with van der Waals surface area (Å²) >= 11 is 0.